The zero-order valence-electron chi connectivity index (χ0n) is 13.1. The molecule has 18 heavy (non-hydrogen) atoms. The maximum atomic E-state index is 2.54. The zero-order chi connectivity index (χ0) is 13.2. The van der Waals surface area contributed by atoms with Crippen LogP contribution in [0.2, 0.25) is 0 Å². The van der Waals surface area contributed by atoms with E-state index in [1.807, 2.05) is 0 Å². The van der Waals surface area contributed by atoms with Gasteiger partial charge in [-0.2, -0.15) is 0 Å². The molecule has 0 aliphatic carbocycles. The first-order valence-electron chi connectivity index (χ1n) is 8.41. The minimum Gasteiger partial charge on any atom is -0.321 e. The van der Waals surface area contributed by atoms with Crippen LogP contribution in [0.25, 0.3) is 0 Å². The number of quaternary nitrogens is 1. The largest absolute Gasteiger partial charge is 0.321 e. The molecule has 1 spiro atoms. The van der Waals surface area contributed by atoms with E-state index in [4.69, 9.17) is 0 Å². The van der Waals surface area contributed by atoms with Gasteiger partial charge in [0.15, 0.2) is 0 Å². The molecule has 0 N–H and O–H groups in total. The second-order valence-corrected chi connectivity index (χ2v) is 7.51. The molecule has 106 valence electrons. The van der Waals surface area contributed by atoms with Crippen LogP contribution in [0.3, 0.4) is 0 Å². The molecule has 2 fully saturated rings. The molecule has 0 aromatic carbocycles. The minimum absolute atomic E-state index is 0.894. The van der Waals surface area contributed by atoms with Gasteiger partial charge in [0.2, 0.25) is 0 Å². The van der Waals surface area contributed by atoms with Crippen molar-refractivity contribution >= 4 is 0 Å². The summed E-state index contributed by atoms with van der Waals surface area (Å²) in [7, 11) is 0. The molecule has 4 atom stereocenters. The Morgan fingerprint density at radius 2 is 1.28 bits per heavy atom. The van der Waals surface area contributed by atoms with E-state index < -0.39 is 0 Å². The lowest BCUT2D eigenvalue weighted by Crippen LogP contribution is -2.57. The Labute approximate surface area is 115 Å². The van der Waals surface area contributed by atoms with E-state index >= 15 is 0 Å². The molecule has 2 aliphatic heterocycles. The smallest absolute Gasteiger partial charge is 0.0864 e. The van der Waals surface area contributed by atoms with Crippen LogP contribution in [0, 0.1) is 17.8 Å². The lowest BCUT2D eigenvalue weighted by molar-refractivity contribution is -0.952. The molecule has 0 amide bonds. The van der Waals surface area contributed by atoms with Crippen molar-refractivity contribution in [3.05, 3.63) is 0 Å². The minimum atomic E-state index is 0.894. The van der Waals surface area contributed by atoms with Crippen LogP contribution in [0.4, 0.5) is 0 Å². The van der Waals surface area contributed by atoms with Crippen LogP contribution >= 0.6 is 0 Å². The molecular weight excluding hydrogens is 218 g/mol. The Bertz CT molecular complexity index is 252. The summed E-state index contributed by atoms with van der Waals surface area (Å²) in [6.45, 7) is 14.4. The van der Waals surface area contributed by atoms with Gasteiger partial charge in [-0.25, -0.2) is 0 Å². The van der Waals surface area contributed by atoms with Crippen LogP contribution in [0.1, 0.15) is 66.2 Å². The first-order valence-corrected chi connectivity index (χ1v) is 8.41. The van der Waals surface area contributed by atoms with Gasteiger partial charge in [0.25, 0.3) is 0 Å². The first-order chi connectivity index (χ1) is 8.55. The summed E-state index contributed by atoms with van der Waals surface area (Å²) in [4.78, 5) is 0. The van der Waals surface area contributed by atoms with E-state index in [0.29, 0.717) is 0 Å². The van der Waals surface area contributed by atoms with E-state index in [2.05, 4.69) is 27.7 Å². The molecule has 0 bridgehead atoms. The van der Waals surface area contributed by atoms with Gasteiger partial charge in [0, 0.05) is 12.3 Å². The van der Waals surface area contributed by atoms with E-state index in [1.54, 1.807) is 0 Å². The summed E-state index contributed by atoms with van der Waals surface area (Å²) in [5.74, 6) is 2.73. The Kier molecular flexibility index (Phi) is 4.75. The fourth-order valence-electron chi connectivity index (χ4n) is 4.58. The lowest BCUT2D eigenvalue weighted by Gasteiger charge is -2.45. The van der Waals surface area contributed by atoms with Gasteiger partial charge in [-0.05, 0) is 44.4 Å². The standard InChI is InChI=1S/C17H34N/c1-14-12-16(3)18(13-15(2)17(14)4)10-8-6-5-7-9-11-18/h14-17H,5-13H2,1-4H3/q+1. The fraction of sp³-hybridized carbons (Fsp3) is 1.00. The highest BCUT2D eigenvalue weighted by Gasteiger charge is 2.41. The third kappa shape index (κ3) is 2.92. The van der Waals surface area contributed by atoms with Crippen molar-refractivity contribution in [3.63, 3.8) is 0 Å². The maximum Gasteiger partial charge on any atom is 0.0864 e. The maximum absolute atomic E-state index is 2.54. The Hall–Kier alpha value is -0.0400. The van der Waals surface area contributed by atoms with Crippen molar-refractivity contribution in [2.75, 3.05) is 19.6 Å². The molecule has 0 radical (unpaired) electrons. The van der Waals surface area contributed by atoms with Crippen molar-refractivity contribution in [3.8, 4) is 0 Å². The molecule has 0 saturated carbocycles. The van der Waals surface area contributed by atoms with Gasteiger partial charge in [0.05, 0.1) is 25.7 Å². The van der Waals surface area contributed by atoms with Crippen LogP contribution in [-0.2, 0) is 0 Å². The quantitative estimate of drug-likeness (QED) is 0.558. The molecule has 1 heteroatoms. The summed E-state index contributed by atoms with van der Waals surface area (Å²) in [6, 6.07) is 0.894. The van der Waals surface area contributed by atoms with Gasteiger partial charge in [0.1, 0.15) is 0 Å². The molecule has 2 heterocycles. The predicted octanol–water partition coefficient (Wildman–Crippen LogP) is 4.47. The topological polar surface area (TPSA) is 0 Å². The number of hydrogen-bond acceptors (Lipinski definition) is 0. The van der Waals surface area contributed by atoms with E-state index in [0.717, 1.165) is 23.8 Å². The summed E-state index contributed by atoms with van der Waals surface area (Å²) in [5, 5.41) is 0. The Balaban J connectivity index is 2.16. The average molecular weight is 252 g/mol. The van der Waals surface area contributed by atoms with Crippen LogP contribution in [-0.4, -0.2) is 30.2 Å². The van der Waals surface area contributed by atoms with Gasteiger partial charge >= 0.3 is 0 Å². The van der Waals surface area contributed by atoms with Crippen LogP contribution in [0.15, 0.2) is 0 Å². The summed E-state index contributed by atoms with van der Waals surface area (Å²) in [5.41, 5.74) is 0. The Morgan fingerprint density at radius 3 is 1.89 bits per heavy atom. The first kappa shape index (κ1) is 14.4. The molecule has 0 aromatic rings. The summed E-state index contributed by atoms with van der Waals surface area (Å²) in [6.07, 6.45) is 8.83. The molecule has 2 aliphatic rings. The van der Waals surface area contributed by atoms with Gasteiger partial charge in [-0.15, -0.1) is 0 Å². The van der Waals surface area contributed by atoms with Gasteiger partial charge < -0.3 is 4.48 Å². The molecular formula is C17H34N+. The normalized spacial score (nSPS) is 42.0. The number of nitrogens with zero attached hydrogens (tertiary/aromatic N) is 1. The number of rotatable bonds is 0. The summed E-state index contributed by atoms with van der Waals surface area (Å²) < 4.78 is 1.45. The second kappa shape index (κ2) is 5.94. The molecule has 1 nitrogen and oxygen atoms in total. The molecule has 0 aromatic heterocycles. The van der Waals surface area contributed by atoms with Crippen LogP contribution in [0.5, 0.6) is 0 Å². The summed E-state index contributed by atoms with van der Waals surface area (Å²) >= 11 is 0. The van der Waals surface area contributed by atoms with Crippen LogP contribution < -0.4 is 0 Å². The van der Waals surface area contributed by atoms with Gasteiger partial charge in [-0.3, -0.25) is 0 Å². The SMILES string of the molecule is CC1CC(C)[N+]2(CCCCCCC2)CC(C)C1C. The van der Waals surface area contributed by atoms with Gasteiger partial charge in [-0.1, -0.05) is 27.2 Å². The third-order valence-electron chi connectivity index (χ3n) is 6.30. The highest BCUT2D eigenvalue weighted by molar-refractivity contribution is 4.76. The van der Waals surface area contributed by atoms with E-state index in [-0.39, 0.29) is 0 Å². The van der Waals surface area contributed by atoms with E-state index in [1.165, 1.54) is 62.6 Å². The molecule has 2 rings (SSSR count). The van der Waals surface area contributed by atoms with Crippen molar-refractivity contribution in [1.29, 1.82) is 0 Å². The predicted molar refractivity (Wildman–Crippen MR) is 79.5 cm³/mol. The monoisotopic (exact) mass is 252 g/mol. The van der Waals surface area contributed by atoms with E-state index in [9.17, 15) is 0 Å². The fourth-order valence-corrected chi connectivity index (χ4v) is 4.58. The number of hydrogen-bond donors (Lipinski definition) is 0. The highest BCUT2D eigenvalue weighted by atomic mass is 15.4. The zero-order valence-corrected chi connectivity index (χ0v) is 13.1. The average Bonchev–Trinajstić information content (AvgIpc) is 2.37. The van der Waals surface area contributed by atoms with Crippen molar-refractivity contribution in [2.45, 2.75) is 72.3 Å². The van der Waals surface area contributed by atoms with Crippen molar-refractivity contribution < 1.29 is 4.48 Å². The highest BCUT2D eigenvalue weighted by Crippen LogP contribution is 2.36. The Morgan fingerprint density at radius 1 is 0.722 bits per heavy atom. The van der Waals surface area contributed by atoms with Crippen molar-refractivity contribution in [1.82, 2.24) is 0 Å². The molecule has 4 unspecified atom stereocenters. The third-order valence-corrected chi connectivity index (χ3v) is 6.30. The van der Waals surface area contributed by atoms with Crippen molar-refractivity contribution in [2.24, 2.45) is 17.8 Å². The lowest BCUT2D eigenvalue weighted by atomic mass is 9.84. The second-order valence-electron chi connectivity index (χ2n) is 7.51. The molecule has 2 saturated heterocycles.